The number of carboxylic acids is 1. The third-order valence-corrected chi connectivity index (χ3v) is 2.49. The second kappa shape index (κ2) is 8.67. The maximum atomic E-state index is 11.2. The third-order valence-electron chi connectivity index (χ3n) is 2.49. The Morgan fingerprint density at radius 1 is 1.00 bits per heavy atom. The van der Waals surface area contributed by atoms with Crippen molar-refractivity contribution in [1.82, 2.24) is 0 Å². The molecule has 0 radical (unpaired) electrons. The van der Waals surface area contributed by atoms with Crippen molar-refractivity contribution in [3.8, 4) is 0 Å². The molecule has 0 fully saturated rings. The molecule has 0 aromatic heterocycles. The zero-order chi connectivity index (χ0) is 16.7. The van der Waals surface area contributed by atoms with E-state index in [1.54, 1.807) is 0 Å². The fourth-order valence-corrected chi connectivity index (χ4v) is 1.20. The summed E-state index contributed by atoms with van der Waals surface area (Å²) in [6, 6.07) is 0. The number of aliphatic hydroxyl groups excluding tert-OH is 6. The molecule has 5 atom stereocenters. The van der Waals surface area contributed by atoms with Gasteiger partial charge in [-0.25, -0.2) is 4.79 Å². The Balaban J connectivity index is 4.50. The van der Waals surface area contributed by atoms with Gasteiger partial charge >= 0.3 is 11.9 Å². The lowest BCUT2D eigenvalue weighted by Crippen LogP contribution is -2.50. The number of hydrogen-bond acceptors (Lipinski definition) is 9. The first-order chi connectivity index (χ1) is 9.61. The van der Waals surface area contributed by atoms with E-state index in [2.05, 4.69) is 11.3 Å². The van der Waals surface area contributed by atoms with Crippen molar-refractivity contribution in [2.24, 2.45) is 0 Å². The first-order valence-electron chi connectivity index (χ1n) is 5.73. The Hall–Kier alpha value is -1.56. The summed E-state index contributed by atoms with van der Waals surface area (Å²) in [5, 5.41) is 63.5. The minimum absolute atomic E-state index is 0.516. The van der Waals surface area contributed by atoms with Gasteiger partial charge in [0.25, 0.3) is 0 Å². The molecule has 0 aromatic rings. The van der Waals surface area contributed by atoms with Gasteiger partial charge in [0.15, 0.2) is 0 Å². The van der Waals surface area contributed by atoms with Crippen molar-refractivity contribution < 1.29 is 50.1 Å². The predicted octanol–water partition coefficient (Wildman–Crippen LogP) is -3.69. The van der Waals surface area contributed by atoms with Gasteiger partial charge in [0.05, 0.1) is 13.0 Å². The number of ether oxygens (including phenoxy) is 1. The van der Waals surface area contributed by atoms with Gasteiger partial charge in [0.2, 0.25) is 6.29 Å². The van der Waals surface area contributed by atoms with Crippen LogP contribution in [0, 0.1) is 0 Å². The molecular formula is C11H18O10. The molecule has 7 N–H and O–H groups in total. The molecular weight excluding hydrogens is 292 g/mol. The number of carbonyl (C=O) groups excluding carboxylic acids is 1. The third kappa shape index (κ3) is 6.16. The van der Waals surface area contributed by atoms with Crippen LogP contribution in [0.5, 0.6) is 0 Å². The fourth-order valence-electron chi connectivity index (χ4n) is 1.20. The maximum Gasteiger partial charge on any atom is 0.331 e. The molecule has 10 heteroatoms. The van der Waals surface area contributed by atoms with Crippen LogP contribution in [0.25, 0.3) is 0 Å². The summed E-state index contributed by atoms with van der Waals surface area (Å²) in [4.78, 5) is 21.6. The van der Waals surface area contributed by atoms with E-state index in [1.165, 1.54) is 0 Å². The van der Waals surface area contributed by atoms with Gasteiger partial charge in [-0.2, -0.15) is 0 Å². The lowest BCUT2D eigenvalue weighted by Gasteiger charge is -2.28. The molecule has 0 aromatic carbocycles. The van der Waals surface area contributed by atoms with Gasteiger partial charge in [-0.1, -0.05) is 6.58 Å². The first kappa shape index (κ1) is 19.4. The average Bonchev–Trinajstić information content (AvgIpc) is 2.43. The van der Waals surface area contributed by atoms with Gasteiger partial charge in [-0.3, -0.25) is 4.79 Å². The number of carbonyl (C=O) groups is 2. The van der Waals surface area contributed by atoms with Crippen LogP contribution in [0.4, 0.5) is 0 Å². The molecule has 0 rings (SSSR count). The molecule has 0 saturated heterocycles. The van der Waals surface area contributed by atoms with Crippen LogP contribution in [0.15, 0.2) is 12.2 Å². The van der Waals surface area contributed by atoms with Crippen molar-refractivity contribution in [2.75, 3.05) is 6.61 Å². The maximum absolute atomic E-state index is 11.2. The number of rotatable bonds is 9. The molecule has 0 aliphatic heterocycles. The van der Waals surface area contributed by atoms with Crippen molar-refractivity contribution in [3.63, 3.8) is 0 Å². The monoisotopic (exact) mass is 310 g/mol. The summed E-state index contributed by atoms with van der Waals surface area (Å²) in [6.45, 7) is 2.13. The molecule has 0 bridgehead atoms. The van der Waals surface area contributed by atoms with Gasteiger partial charge in [-0.05, 0) is 0 Å². The zero-order valence-electron chi connectivity index (χ0n) is 10.9. The van der Waals surface area contributed by atoms with Gasteiger partial charge < -0.3 is 40.5 Å². The van der Waals surface area contributed by atoms with Crippen LogP contribution in [0.1, 0.15) is 6.42 Å². The average molecular weight is 310 g/mol. The van der Waals surface area contributed by atoms with E-state index in [9.17, 15) is 30.0 Å². The van der Waals surface area contributed by atoms with E-state index in [-0.39, 0.29) is 0 Å². The quantitative estimate of drug-likeness (QED) is 0.127. The lowest BCUT2D eigenvalue weighted by atomic mass is 10.0. The van der Waals surface area contributed by atoms with Gasteiger partial charge in [0, 0.05) is 5.57 Å². The van der Waals surface area contributed by atoms with E-state index in [4.69, 9.17) is 15.3 Å². The molecule has 0 heterocycles. The second-order valence-corrected chi connectivity index (χ2v) is 4.19. The standard InChI is InChI=1S/C11H18O10/c1-4(10(18)19)2-6(14)21-11(20)9(17)8(16)7(15)5(13)3-12/h5,7-9,11-13,15-17,20H,1-3H2,(H,18,19)/t5-,7-,8+,9-,11?/m1/s1. The van der Waals surface area contributed by atoms with Gasteiger partial charge in [0.1, 0.15) is 24.4 Å². The summed E-state index contributed by atoms with van der Waals surface area (Å²) in [7, 11) is 0. The van der Waals surface area contributed by atoms with Crippen molar-refractivity contribution in [1.29, 1.82) is 0 Å². The van der Waals surface area contributed by atoms with Gasteiger partial charge in [-0.15, -0.1) is 0 Å². The largest absolute Gasteiger partial charge is 0.478 e. The summed E-state index contributed by atoms with van der Waals surface area (Å²) < 4.78 is 4.24. The summed E-state index contributed by atoms with van der Waals surface area (Å²) >= 11 is 0. The minimum Gasteiger partial charge on any atom is -0.478 e. The number of aliphatic hydroxyl groups is 6. The predicted molar refractivity (Wildman–Crippen MR) is 64.6 cm³/mol. The van der Waals surface area contributed by atoms with Crippen LogP contribution >= 0.6 is 0 Å². The summed E-state index contributed by atoms with van der Waals surface area (Å²) in [6.07, 6.45) is -11.2. The highest BCUT2D eigenvalue weighted by Crippen LogP contribution is 2.11. The highest BCUT2D eigenvalue weighted by Gasteiger charge is 2.35. The smallest absolute Gasteiger partial charge is 0.331 e. The van der Waals surface area contributed by atoms with E-state index in [1.807, 2.05) is 0 Å². The Labute approximate surface area is 119 Å². The summed E-state index contributed by atoms with van der Waals surface area (Å²) in [5.41, 5.74) is -0.516. The molecule has 1 unspecified atom stereocenters. The Bertz CT molecular complexity index is 381. The van der Waals surface area contributed by atoms with Crippen molar-refractivity contribution in [3.05, 3.63) is 12.2 Å². The Kier molecular flexibility index (Phi) is 8.02. The van der Waals surface area contributed by atoms with Crippen LogP contribution in [-0.2, 0) is 14.3 Å². The SMILES string of the molecule is C=C(CC(=O)OC(O)[C@H](O)[C@@H](O)[C@H](O)[C@H](O)CO)C(=O)O. The van der Waals surface area contributed by atoms with Crippen molar-refractivity contribution >= 4 is 11.9 Å². The second-order valence-electron chi connectivity index (χ2n) is 4.19. The van der Waals surface area contributed by atoms with E-state index in [0.29, 0.717) is 0 Å². The van der Waals surface area contributed by atoms with Crippen molar-refractivity contribution in [2.45, 2.75) is 37.1 Å². The number of esters is 1. The molecule has 0 saturated carbocycles. The number of carboxylic acid groups (broad SMARTS) is 1. The molecule has 0 aliphatic carbocycles. The molecule has 0 spiro atoms. The molecule has 0 aliphatic rings. The minimum atomic E-state index is -2.28. The molecule has 0 amide bonds. The van der Waals surface area contributed by atoms with Crippen LogP contribution in [0.3, 0.4) is 0 Å². The van der Waals surface area contributed by atoms with Crippen LogP contribution in [0.2, 0.25) is 0 Å². The molecule has 122 valence electrons. The Morgan fingerprint density at radius 2 is 1.52 bits per heavy atom. The number of hydrogen-bond donors (Lipinski definition) is 7. The fraction of sp³-hybridized carbons (Fsp3) is 0.636. The first-order valence-corrected chi connectivity index (χ1v) is 5.73. The van der Waals surface area contributed by atoms with Crippen LogP contribution in [-0.4, -0.2) is 85.0 Å². The number of aliphatic carboxylic acids is 1. The molecule has 21 heavy (non-hydrogen) atoms. The van der Waals surface area contributed by atoms with E-state index < -0.39 is 61.2 Å². The zero-order valence-corrected chi connectivity index (χ0v) is 10.9. The highest BCUT2D eigenvalue weighted by molar-refractivity contribution is 5.91. The van der Waals surface area contributed by atoms with E-state index >= 15 is 0 Å². The highest BCUT2D eigenvalue weighted by atomic mass is 16.6. The Morgan fingerprint density at radius 3 is 1.95 bits per heavy atom. The molecule has 10 nitrogen and oxygen atoms in total. The normalized spacial score (nSPS) is 18.2. The lowest BCUT2D eigenvalue weighted by molar-refractivity contribution is -0.213. The topological polar surface area (TPSA) is 185 Å². The van der Waals surface area contributed by atoms with E-state index in [0.717, 1.165) is 0 Å². The van der Waals surface area contributed by atoms with Crippen LogP contribution < -0.4 is 0 Å². The summed E-state index contributed by atoms with van der Waals surface area (Å²) in [5.74, 6) is -2.69.